The third kappa shape index (κ3) is 3.78. The maximum Gasteiger partial charge on any atom is 0.309 e. The molecule has 0 atom stereocenters. The largest absolute Gasteiger partial charge is 0.466 e. The van der Waals surface area contributed by atoms with Crippen molar-refractivity contribution in [3.63, 3.8) is 0 Å². The zero-order chi connectivity index (χ0) is 20.4. The molecule has 10 heteroatoms. The van der Waals surface area contributed by atoms with Gasteiger partial charge in [0.05, 0.1) is 18.8 Å². The van der Waals surface area contributed by atoms with Crippen molar-refractivity contribution in [2.45, 2.75) is 26.3 Å². The molecule has 0 saturated carbocycles. The van der Waals surface area contributed by atoms with Crippen molar-refractivity contribution in [3.05, 3.63) is 41.1 Å². The fourth-order valence-electron chi connectivity index (χ4n) is 3.45. The van der Waals surface area contributed by atoms with Gasteiger partial charge in [-0.25, -0.2) is 9.20 Å². The number of likely N-dealkylation sites (tertiary alicyclic amines) is 1. The summed E-state index contributed by atoms with van der Waals surface area (Å²) in [6.07, 6.45) is 4.03. The van der Waals surface area contributed by atoms with E-state index in [-0.39, 0.29) is 24.3 Å². The fraction of sp³-hybridized carbons (Fsp3) is 0.421. The van der Waals surface area contributed by atoms with Gasteiger partial charge in [0.15, 0.2) is 5.76 Å². The molecule has 1 saturated heterocycles. The van der Waals surface area contributed by atoms with Crippen LogP contribution in [0, 0.1) is 5.92 Å². The number of furan rings is 1. The Kier molecular flexibility index (Phi) is 5.15. The van der Waals surface area contributed by atoms with Gasteiger partial charge in [0, 0.05) is 19.2 Å². The lowest BCUT2D eigenvalue weighted by molar-refractivity contribution is -0.151. The molecule has 1 amide bonds. The van der Waals surface area contributed by atoms with Crippen molar-refractivity contribution >= 4 is 17.4 Å². The van der Waals surface area contributed by atoms with Gasteiger partial charge in [-0.3, -0.25) is 14.4 Å². The Labute approximate surface area is 165 Å². The zero-order valence-electron chi connectivity index (χ0n) is 16.0. The first kappa shape index (κ1) is 18.9. The summed E-state index contributed by atoms with van der Waals surface area (Å²) < 4.78 is 12.8. The highest BCUT2D eigenvalue weighted by atomic mass is 16.5. The molecule has 29 heavy (non-hydrogen) atoms. The minimum Gasteiger partial charge on any atom is -0.466 e. The van der Waals surface area contributed by atoms with Crippen molar-refractivity contribution in [2.24, 2.45) is 5.92 Å². The van der Waals surface area contributed by atoms with E-state index >= 15 is 0 Å². The molecule has 1 fully saturated rings. The van der Waals surface area contributed by atoms with Gasteiger partial charge < -0.3 is 14.1 Å². The quantitative estimate of drug-likeness (QED) is 0.587. The molecule has 1 aliphatic heterocycles. The Morgan fingerprint density at radius 1 is 1.31 bits per heavy atom. The number of fused-ring (bicyclic) bond motifs is 1. The lowest BCUT2D eigenvalue weighted by Gasteiger charge is -2.30. The number of hydrogen-bond acceptors (Lipinski definition) is 7. The molecule has 152 valence electrons. The van der Waals surface area contributed by atoms with E-state index in [1.54, 1.807) is 30.0 Å². The molecule has 0 radical (unpaired) electrons. The monoisotopic (exact) mass is 399 g/mol. The van der Waals surface area contributed by atoms with Gasteiger partial charge >= 0.3 is 5.97 Å². The minimum absolute atomic E-state index is 0.166. The number of piperidine rings is 1. The van der Waals surface area contributed by atoms with Gasteiger partial charge in [-0.05, 0) is 31.9 Å². The molecule has 3 aromatic rings. The third-order valence-corrected chi connectivity index (χ3v) is 5.02. The Bertz CT molecular complexity index is 1080. The van der Waals surface area contributed by atoms with E-state index in [2.05, 4.69) is 10.2 Å². The second-order valence-corrected chi connectivity index (χ2v) is 6.84. The molecule has 4 heterocycles. The maximum absolute atomic E-state index is 12.7. The second kappa shape index (κ2) is 7.90. The lowest BCUT2D eigenvalue weighted by atomic mass is 9.97. The molecule has 0 aliphatic carbocycles. The van der Waals surface area contributed by atoms with Crippen molar-refractivity contribution in [1.82, 2.24) is 24.3 Å². The van der Waals surface area contributed by atoms with Crippen LogP contribution in [0.15, 0.2) is 40.0 Å². The van der Waals surface area contributed by atoms with Crippen LogP contribution < -0.4 is 5.56 Å². The molecule has 10 nitrogen and oxygen atoms in total. The predicted octanol–water partition coefficient (Wildman–Crippen LogP) is 0.953. The molecular weight excluding hydrogens is 378 g/mol. The van der Waals surface area contributed by atoms with Gasteiger partial charge in [-0.1, -0.05) is 0 Å². The van der Waals surface area contributed by atoms with Crippen LogP contribution in [0.2, 0.25) is 0 Å². The Hall–Kier alpha value is -3.43. The van der Waals surface area contributed by atoms with Crippen LogP contribution in [-0.4, -0.2) is 55.9 Å². The van der Waals surface area contributed by atoms with Gasteiger partial charge in [-0.15, -0.1) is 0 Å². The van der Waals surface area contributed by atoms with E-state index in [1.165, 1.54) is 17.1 Å². The maximum atomic E-state index is 12.7. The van der Waals surface area contributed by atoms with Gasteiger partial charge in [-0.2, -0.15) is 10.2 Å². The van der Waals surface area contributed by atoms with Crippen LogP contribution in [0.5, 0.6) is 0 Å². The highest BCUT2D eigenvalue weighted by Crippen LogP contribution is 2.20. The number of nitrogens with zero attached hydrogens (tertiary/aromatic N) is 5. The topological polar surface area (TPSA) is 112 Å². The SMILES string of the molecule is CCOC(=O)C1CCN(C(=O)Cn2ncn3nc(-c4ccco4)cc3c2=O)CC1. The van der Waals surface area contributed by atoms with Gasteiger partial charge in [0.1, 0.15) is 24.1 Å². The highest BCUT2D eigenvalue weighted by Gasteiger charge is 2.28. The summed E-state index contributed by atoms with van der Waals surface area (Å²) >= 11 is 0. The second-order valence-electron chi connectivity index (χ2n) is 6.84. The molecule has 0 aromatic carbocycles. The van der Waals surface area contributed by atoms with E-state index in [0.29, 0.717) is 49.5 Å². The van der Waals surface area contributed by atoms with Crippen LogP contribution in [0.3, 0.4) is 0 Å². The summed E-state index contributed by atoms with van der Waals surface area (Å²) in [5.41, 5.74) is 0.409. The first-order chi connectivity index (χ1) is 14.1. The number of rotatable bonds is 5. The predicted molar refractivity (Wildman–Crippen MR) is 101 cm³/mol. The summed E-state index contributed by atoms with van der Waals surface area (Å²) in [5, 5.41) is 8.33. The molecule has 4 rings (SSSR count). The summed E-state index contributed by atoms with van der Waals surface area (Å²) in [6, 6.07) is 5.09. The summed E-state index contributed by atoms with van der Waals surface area (Å²) in [6.45, 7) is 2.87. The Morgan fingerprint density at radius 3 is 2.79 bits per heavy atom. The summed E-state index contributed by atoms with van der Waals surface area (Å²) in [5.74, 6) is -0.0590. The minimum atomic E-state index is -0.410. The number of aromatic nitrogens is 4. The summed E-state index contributed by atoms with van der Waals surface area (Å²) in [7, 11) is 0. The van der Waals surface area contributed by atoms with E-state index in [4.69, 9.17) is 9.15 Å². The molecule has 3 aromatic heterocycles. The van der Waals surface area contributed by atoms with E-state index in [0.717, 1.165) is 4.68 Å². The van der Waals surface area contributed by atoms with Crippen LogP contribution in [0.1, 0.15) is 19.8 Å². The first-order valence-electron chi connectivity index (χ1n) is 9.50. The van der Waals surface area contributed by atoms with Crippen molar-refractivity contribution in [3.8, 4) is 11.5 Å². The van der Waals surface area contributed by atoms with E-state index in [1.807, 2.05) is 0 Å². The smallest absolute Gasteiger partial charge is 0.309 e. The zero-order valence-corrected chi connectivity index (χ0v) is 16.0. The summed E-state index contributed by atoms with van der Waals surface area (Å²) in [4.78, 5) is 38.8. The van der Waals surface area contributed by atoms with Crippen LogP contribution in [0.25, 0.3) is 17.0 Å². The standard InChI is InChI=1S/C19H21N5O5/c1-2-28-19(27)13-5-7-22(8-6-13)17(25)11-23-18(26)15-10-14(16-4-3-9-29-16)21-24(15)12-20-23/h3-4,9-10,12-13H,2,5-8,11H2,1H3. The van der Waals surface area contributed by atoms with Crippen molar-refractivity contribution in [1.29, 1.82) is 0 Å². The number of hydrogen-bond donors (Lipinski definition) is 0. The highest BCUT2D eigenvalue weighted by molar-refractivity contribution is 5.77. The molecule has 0 unspecified atom stereocenters. The third-order valence-electron chi connectivity index (χ3n) is 5.02. The van der Waals surface area contributed by atoms with Crippen LogP contribution >= 0.6 is 0 Å². The lowest BCUT2D eigenvalue weighted by Crippen LogP contribution is -2.43. The number of amides is 1. The van der Waals surface area contributed by atoms with E-state index in [9.17, 15) is 14.4 Å². The molecule has 1 aliphatic rings. The number of ether oxygens (including phenoxy) is 1. The Balaban J connectivity index is 1.45. The van der Waals surface area contributed by atoms with Crippen LogP contribution in [0.4, 0.5) is 0 Å². The van der Waals surface area contributed by atoms with Crippen molar-refractivity contribution < 1.29 is 18.7 Å². The Morgan fingerprint density at radius 2 is 2.10 bits per heavy atom. The van der Waals surface area contributed by atoms with E-state index < -0.39 is 5.56 Å². The van der Waals surface area contributed by atoms with Crippen LogP contribution in [-0.2, 0) is 20.9 Å². The van der Waals surface area contributed by atoms with Crippen molar-refractivity contribution in [2.75, 3.05) is 19.7 Å². The fourth-order valence-corrected chi connectivity index (χ4v) is 3.45. The average Bonchev–Trinajstić information content (AvgIpc) is 3.40. The number of carbonyl (C=O) groups excluding carboxylic acids is 2. The normalized spacial score (nSPS) is 15.0. The molecular formula is C19H21N5O5. The number of carbonyl (C=O) groups is 2. The average molecular weight is 399 g/mol. The number of esters is 1. The molecule has 0 N–H and O–H groups in total. The molecule has 0 bridgehead atoms. The van der Waals surface area contributed by atoms with Gasteiger partial charge in [0.25, 0.3) is 5.56 Å². The first-order valence-corrected chi connectivity index (χ1v) is 9.50. The van der Waals surface area contributed by atoms with Gasteiger partial charge in [0.2, 0.25) is 5.91 Å². The molecule has 0 spiro atoms.